The van der Waals surface area contributed by atoms with Gasteiger partial charge < -0.3 is 10.5 Å². The summed E-state index contributed by atoms with van der Waals surface area (Å²) in [7, 11) is 1.77. The molecule has 1 aliphatic rings. The molecule has 106 valence electrons. The Labute approximate surface area is 117 Å². The Morgan fingerprint density at radius 2 is 1.74 bits per heavy atom. The fraction of sp³-hybridized carbons (Fsp3) is 0.647. The molecule has 19 heavy (non-hydrogen) atoms. The Morgan fingerprint density at radius 3 is 2.26 bits per heavy atom. The summed E-state index contributed by atoms with van der Waals surface area (Å²) in [6.45, 7) is 6.78. The minimum atomic E-state index is 0.187. The van der Waals surface area contributed by atoms with Gasteiger partial charge in [0.25, 0.3) is 0 Å². The summed E-state index contributed by atoms with van der Waals surface area (Å²) in [5, 5.41) is 0. The topological polar surface area (TPSA) is 35.2 Å². The van der Waals surface area contributed by atoms with Crippen LogP contribution in [0.2, 0.25) is 0 Å². The molecule has 2 nitrogen and oxygen atoms in total. The average Bonchev–Trinajstić information content (AvgIpc) is 2.38. The van der Waals surface area contributed by atoms with E-state index in [1.54, 1.807) is 7.11 Å². The fourth-order valence-corrected chi connectivity index (χ4v) is 2.95. The van der Waals surface area contributed by atoms with Crippen LogP contribution < -0.4 is 10.5 Å². The van der Waals surface area contributed by atoms with E-state index < -0.39 is 0 Å². The van der Waals surface area contributed by atoms with Crippen molar-refractivity contribution in [2.24, 2.45) is 5.73 Å². The first-order valence-electron chi connectivity index (χ1n) is 7.36. The van der Waals surface area contributed by atoms with Crippen LogP contribution in [-0.4, -0.2) is 13.2 Å². The third kappa shape index (κ3) is 3.30. The molecule has 0 atom stereocenters. The molecule has 1 aliphatic carbocycles. The second-order valence-corrected chi connectivity index (χ2v) is 6.82. The Kier molecular flexibility index (Phi) is 4.19. The Hall–Kier alpha value is -1.02. The lowest BCUT2D eigenvalue weighted by molar-refractivity contribution is 0.368. The highest BCUT2D eigenvalue weighted by Crippen LogP contribution is 2.39. The zero-order valence-electron chi connectivity index (χ0n) is 12.7. The number of hydrogen-bond acceptors (Lipinski definition) is 2. The summed E-state index contributed by atoms with van der Waals surface area (Å²) < 4.78 is 5.56. The molecular formula is C17H27NO. The van der Waals surface area contributed by atoms with E-state index in [-0.39, 0.29) is 5.41 Å². The molecule has 0 unspecified atom stereocenters. The largest absolute Gasteiger partial charge is 0.496 e. The van der Waals surface area contributed by atoms with Crippen LogP contribution in [0, 0.1) is 0 Å². The van der Waals surface area contributed by atoms with Gasteiger partial charge in [0.15, 0.2) is 0 Å². The van der Waals surface area contributed by atoms with Crippen molar-refractivity contribution in [3.8, 4) is 5.75 Å². The van der Waals surface area contributed by atoms with Gasteiger partial charge in [-0.2, -0.15) is 0 Å². The first kappa shape index (κ1) is 14.4. The fourth-order valence-electron chi connectivity index (χ4n) is 2.95. The van der Waals surface area contributed by atoms with Crippen LogP contribution in [0.15, 0.2) is 18.2 Å². The standard InChI is InChI=1S/C17H27NO/c1-17(2,3)13-7-10-16(19-4)15(11-13)12-5-8-14(18)9-6-12/h7,10-12,14H,5-6,8-9,18H2,1-4H3. The number of hydrogen-bond donors (Lipinski definition) is 1. The molecule has 0 bridgehead atoms. The van der Waals surface area contributed by atoms with Gasteiger partial charge in [-0.25, -0.2) is 0 Å². The summed E-state index contributed by atoms with van der Waals surface area (Å²) in [6.07, 6.45) is 4.64. The van der Waals surface area contributed by atoms with E-state index in [0.29, 0.717) is 12.0 Å². The van der Waals surface area contributed by atoms with E-state index in [4.69, 9.17) is 10.5 Å². The van der Waals surface area contributed by atoms with Crippen molar-refractivity contribution in [3.63, 3.8) is 0 Å². The van der Waals surface area contributed by atoms with E-state index in [1.807, 2.05) is 0 Å². The molecule has 0 aromatic heterocycles. The maximum absolute atomic E-state index is 6.01. The molecular weight excluding hydrogens is 234 g/mol. The van der Waals surface area contributed by atoms with Gasteiger partial charge in [-0.3, -0.25) is 0 Å². The first-order chi connectivity index (χ1) is 8.91. The van der Waals surface area contributed by atoms with E-state index in [2.05, 4.69) is 39.0 Å². The number of benzene rings is 1. The van der Waals surface area contributed by atoms with E-state index >= 15 is 0 Å². The van der Waals surface area contributed by atoms with Crippen molar-refractivity contribution >= 4 is 0 Å². The van der Waals surface area contributed by atoms with Gasteiger partial charge in [-0.15, -0.1) is 0 Å². The maximum atomic E-state index is 6.01. The van der Waals surface area contributed by atoms with Gasteiger partial charge in [0.1, 0.15) is 5.75 Å². The summed E-state index contributed by atoms with van der Waals surface area (Å²) >= 11 is 0. The number of rotatable bonds is 2. The predicted octanol–water partition coefficient (Wildman–Crippen LogP) is 3.98. The maximum Gasteiger partial charge on any atom is 0.122 e. The van der Waals surface area contributed by atoms with E-state index in [9.17, 15) is 0 Å². The predicted molar refractivity (Wildman–Crippen MR) is 80.9 cm³/mol. The van der Waals surface area contributed by atoms with Crippen molar-refractivity contribution in [1.29, 1.82) is 0 Å². The molecule has 0 saturated heterocycles. The minimum Gasteiger partial charge on any atom is -0.496 e. The van der Waals surface area contributed by atoms with Crippen LogP contribution in [0.3, 0.4) is 0 Å². The molecule has 0 heterocycles. The molecule has 0 amide bonds. The molecule has 0 radical (unpaired) electrons. The molecule has 2 rings (SSSR count). The number of methoxy groups -OCH3 is 1. The second-order valence-electron chi connectivity index (χ2n) is 6.82. The Balaban J connectivity index is 2.31. The summed E-state index contributed by atoms with van der Waals surface area (Å²) in [6, 6.07) is 7.06. The average molecular weight is 261 g/mol. The van der Waals surface area contributed by atoms with Crippen LogP contribution in [0.5, 0.6) is 5.75 Å². The molecule has 2 heteroatoms. The van der Waals surface area contributed by atoms with Crippen LogP contribution in [-0.2, 0) is 5.41 Å². The lowest BCUT2D eigenvalue weighted by atomic mass is 9.79. The molecule has 1 aromatic rings. The molecule has 2 N–H and O–H groups in total. The third-order valence-corrected chi connectivity index (χ3v) is 4.31. The highest BCUT2D eigenvalue weighted by molar-refractivity contribution is 5.42. The van der Waals surface area contributed by atoms with Gasteiger partial charge in [0.2, 0.25) is 0 Å². The van der Waals surface area contributed by atoms with Crippen LogP contribution in [0.1, 0.15) is 63.5 Å². The van der Waals surface area contributed by atoms with Gasteiger partial charge >= 0.3 is 0 Å². The molecule has 1 saturated carbocycles. The lowest BCUT2D eigenvalue weighted by Gasteiger charge is -2.29. The monoisotopic (exact) mass is 261 g/mol. The normalized spacial score (nSPS) is 24.3. The minimum absolute atomic E-state index is 0.187. The molecule has 0 spiro atoms. The first-order valence-corrected chi connectivity index (χ1v) is 7.36. The van der Waals surface area contributed by atoms with Crippen LogP contribution in [0.25, 0.3) is 0 Å². The summed E-state index contributed by atoms with van der Waals surface area (Å²) in [5.41, 5.74) is 8.96. The molecule has 0 aliphatic heterocycles. The number of ether oxygens (including phenoxy) is 1. The van der Waals surface area contributed by atoms with Crippen molar-refractivity contribution in [2.75, 3.05) is 7.11 Å². The highest BCUT2D eigenvalue weighted by atomic mass is 16.5. The second kappa shape index (κ2) is 5.54. The van der Waals surface area contributed by atoms with Crippen molar-refractivity contribution in [3.05, 3.63) is 29.3 Å². The quantitative estimate of drug-likeness (QED) is 0.874. The SMILES string of the molecule is COc1ccc(C(C)(C)C)cc1C1CCC(N)CC1. The summed E-state index contributed by atoms with van der Waals surface area (Å²) in [5.74, 6) is 1.64. The van der Waals surface area contributed by atoms with Gasteiger partial charge in [0, 0.05) is 6.04 Å². The van der Waals surface area contributed by atoms with Gasteiger partial charge in [-0.05, 0) is 54.2 Å². The van der Waals surface area contributed by atoms with Crippen molar-refractivity contribution in [1.82, 2.24) is 0 Å². The van der Waals surface area contributed by atoms with Crippen molar-refractivity contribution < 1.29 is 4.74 Å². The lowest BCUT2D eigenvalue weighted by Crippen LogP contribution is -2.26. The van der Waals surface area contributed by atoms with Crippen LogP contribution in [0.4, 0.5) is 0 Å². The van der Waals surface area contributed by atoms with Crippen LogP contribution >= 0.6 is 0 Å². The highest BCUT2D eigenvalue weighted by Gasteiger charge is 2.24. The Morgan fingerprint density at radius 1 is 1.11 bits per heavy atom. The van der Waals surface area contributed by atoms with Crippen molar-refractivity contribution in [2.45, 2.75) is 63.8 Å². The van der Waals surface area contributed by atoms with E-state index in [0.717, 1.165) is 18.6 Å². The van der Waals surface area contributed by atoms with Gasteiger partial charge in [-0.1, -0.05) is 32.9 Å². The smallest absolute Gasteiger partial charge is 0.122 e. The zero-order valence-corrected chi connectivity index (χ0v) is 12.7. The summed E-state index contributed by atoms with van der Waals surface area (Å²) in [4.78, 5) is 0. The molecule has 1 aromatic carbocycles. The van der Waals surface area contributed by atoms with Gasteiger partial charge in [0.05, 0.1) is 7.11 Å². The Bertz CT molecular complexity index is 425. The van der Waals surface area contributed by atoms with E-state index in [1.165, 1.54) is 24.0 Å². The molecule has 1 fully saturated rings. The number of nitrogens with two attached hydrogens (primary N) is 1. The zero-order chi connectivity index (χ0) is 14.0. The third-order valence-electron chi connectivity index (χ3n) is 4.31.